The Hall–Kier alpha value is -1.63. The zero-order valence-corrected chi connectivity index (χ0v) is 10.2. The number of hydrogen-bond acceptors (Lipinski definition) is 3. The van der Waals surface area contributed by atoms with E-state index in [4.69, 9.17) is 16.3 Å². The highest BCUT2D eigenvalue weighted by atomic mass is 35.5. The number of halogens is 4. The van der Waals surface area contributed by atoms with Crippen LogP contribution < -0.4 is 9.64 Å². The molecule has 1 aliphatic heterocycles. The molecule has 2 rings (SSSR count). The van der Waals surface area contributed by atoms with Gasteiger partial charge in [0.1, 0.15) is 11.9 Å². The van der Waals surface area contributed by atoms with Gasteiger partial charge in [-0.1, -0.05) is 0 Å². The molecule has 0 bridgehead atoms. The Kier molecular flexibility index (Phi) is 3.75. The summed E-state index contributed by atoms with van der Waals surface area (Å²) in [4.78, 5) is 12.8. The van der Waals surface area contributed by atoms with Crippen LogP contribution in [0.25, 0.3) is 0 Å². The van der Waals surface area contributed by atoms with Crippen LogP contribution in [0.3, 0.4) is 0 Å². The lowest BCUT2D eigenvalue weighted by molar-refractivity contribution is -0.274. The predicted molar refractivity (Wildman–Crippen MR) is 61.5 cm³/mol. The molecular weight excluding hydrogens is 287 g/mol. The van der Waals surface area contributed by atoms with E-state index in [1.165, 1.54) is 17.0 Å². The number of benzene rings is 1. The van der Waals surface area contributed by atoms with E-state index in [-0.39, 0.29) is 18.2 Å². The van der Waals surface area contributed by atoms with Crippen molar-refractivity contribution >= 4 is 23.4 Å². The Morgan fingerprint density at radius 1 is 1.37 bits per heavy atom. The first kappa shape index (κ1) is 13.8. The molecule has 1 aromatic carbocycles. The van der Waals surface area contributed by atoms with Gasteiger partial charge in [-0.3, -0.25) is 4.90 Å². The standard InChI is InChI=1S/C11H9ClF3NO3/c12-5-9-6-16(10(17)18-9)7-1-3-8(4-2-7)19-11(13,14)15/h1-4,9H,5-6H2. The van der Waals surface area contributed by atoms with E-state index in [1.54, 1.807) is 0 Å². The Morgan fingerprint density at radius 2 is 2.00 bits per heavy atom. The normalized spacial score (nSPS) is 19.5. The lowest BCUT2D eigenvalue weighted by atomic mass is 10.2. The molecule has 0 saturated carbocycles. The summed E-state index contributed by atoms with van der Waals surface area (Å²) in [6.45, 7) is 0.266. The third-order valence-electron chi connectivity index (χ3n) is 2.43. The van der Waals surface area contributed by atoms with Gasteiger partial charge in [0, 0.05) is 5.69 Å². The lowest BCUT2D eigenvalue weighted by Gasteiger charge is -2.14. The predicted octanol–water partition coefficient (Wildman–Crippen LogP) is 3.15. The number of anilines is 1. The zero-order valence-electron chi connectivity index (χ0n) is 9.48. The van der Waals surface area contributed by atoms with Gasteiger partial charge in [0.2, 0.25) is 0 Å². The first-order valence-corrected chi connectivity index (χ1v) is 5.82. The fourth-order valence-electron chi connectivity index (χ4n) is 1.64. The van der Waals surface area contributed by atoms with Crippen molar-refractivity contribution in [1.29, 1.82) is 0 Å². The first-order chi connectivity index (χ1) is 8.89. The Balaban J connectivity index is 2.08. The highest BCUT2D eigenvalue weighted by Gasteiger charge is 2.33. The Bertz CT molecular complexity index is 463. The van der Waals surface area contributed by atoms with E-state index >= 15 is 0 Å². The van der Waals surface area contributed by atoms with Crippen LogP contribution in [0.5, 0.6) is 5.75 Å². The third-order valence-corrected chi connectivity index (χ3v) is 2.77. The zero-order chi connectivity index (χ0) is 14.0. The fourth-order valence-corrected chi connectivity index (χ4v) is 1.80. The summed E-state index contributed by atoms with van der Waals surface area (Å²) in [6.07, 6.45) is -5.73. The van der Waals surface area contributed by atoms with E-state index < -0.39 is 18.6 Å². The molecule has 0 N–H and O–H groups in total. The second-order valence-electron chi connectivity index (χ2n) is 3.81. The van der Waals surface area contributed by atoms with Crippen LogP contribution in [0.4, 0.5) is 23.7 Å². The van der Waals surface area contributed by atoms with Crippen molar-refractivity contribution in [3.05, 3.63) is 24.3 Å². The molecule has 19 heavy (non-hydrogen) atoms. The quantitative estimate of drug-likeness (QED) is 0.804. The molecule has 0 spiro atoms. The molecule has 1 atom stereocenters. The van der Waals surface area contributed by atoms with Crippen molar-refractivity contribution in [2.24, 2.45) is 0 Å². The van der Waals surface area contributed by atoms with Crippen molar-refractivity contribution in [1.82, 2.24) is 0 Å². The van der Waals surface area contributed by atoms with Crippen LogP contribution in [0.2, 0.25) is 0 Å². The highest BCUT2D eigenvalue weighted by molar-refractivity contribution is 6.18. The molecule has 1 aliphatic rings. The van der Waals surface area contributed by atoms with Crippen LogP contribution in [0.15, 0.2) is 24.3 Å². The summed E-state index contributed by atoms with van der Waals surface area (Å²) in [5.74, 6) is -0.185. The van der Waals surface area contributed by atoms with Crippen LogP contribution in [-0.2, 0) is 4.74 Å². The minimum absolute atomic E-state index is 0.164. The molecule has 104 valence electrons. The molecule has 1 saturated heterocycles. The van der Waals surface area contributed by atoms with Gasteiger partial charge in [0.05, 0.1) is 12.4 Å². The molecular formula is C11H9ClF3NO3. The molecule has 1 heterocycles. The second kappa shape index (κ2) is 5.16. The SMILES string of the molecule is O=C1OC(CCl)CN1c1ccc(OC(F)(F)F)cc1. The summed E-state index contributed by atoms with van der Waals surface area (Å²) < 4.78 is 44.6. The van der Waals surface area contributed by atoms with E-state index in [2.05, 4.69) is 4.74 Å². The van der Waals surface area contributed by atoms with E-state index in [0.717, 1.165) is 12.1 Å². The Morgan fingerprint density at radius 3 is 2.47 bits per heavy atom. The summed E-state index contributed by atoms with van der Waals surface area (Å²) in [7, 11) is 0. The molecule has 0 radical (unpaired) electrons. The number of cyclic esters (lactones) is 1. The smallest absolute Gasteiger partial charge is 0.443 e. The van der Waals surface area contributed by atoms with Crippen molar-refractivity contribution < 1.29 is 27.4 Å². The number of rotatable bonds is 3. The number of carbonyl (C=O) groups is 1. The fraction of sp³-hybridized carbons (Fsp3) is 0.364. The minimum Gasteiger partial charge on any atom is -0.443 e. The molecule has 1 amide bonds. The molecule has 1 aromatic rings. The molecule has 0 aromatic heterocycles. The van der Waals surface area contributed by atoms with Crippen LogP contribution >= 0.6 is 11.6 Å². The molecule has 8 heteroatoms. The highest BCUT2D eigenvalue weighted by Crippen LogP contribution is 2.27. The maximum Gasteiger partial charge on any atom is 0.573 e. The van der Waals surface area contributed by atoms with Crippen LogP contribution in [0.1, 0.15) is 0 Å². The number of hydrogen-bond donors (Lipinski definition) is 0. The van der Waals surface area contributed by atoms with Crippen LogP contribution in [-0.4, -0.2) is 31.0 Å². The summed E-state index contributed by atoms with van der Waals surface area (Å²) in [6, 6.07) is 4.95. The topological polar surface area (TPSA) is 38.8 Å². The van der Waals surface area contributed by atoms with Gasteiger partial charge in [0.25, 0.3) is 0 Å². The number of nitrogens with zero attached hydrogens (tertiary/aromatic N) is 1. The van der Waals surface area contributed by atoms with E-state index in [1.807, 2.05) is 0 Å². The number of amides is 1. The minimum atomic E-state index is -4.74. The van der Waals surface area contributed by atoms with E-state index in [0.29, 0.717) is 5.69 Å². The number of ether oxygens (including phenoxy) is 2. The van der Waals surface area contributed by atoms with Crippen molar-refractivity contribution in [2.45, 2.75) is 12.5 Å². The maximum absolute atomic E-state index is 12.0. The average molecular weight is 296 g/mol. The first-order valence-electron chi connectivity index (χ1n) is 5.29. The van der Waals surface area contributed by atoms with Gasteiger partial charge in [-0.15, -0.1) is 24.8 Å². The monoisotopic (exact) mass is 295 g/mol. The van der Waals surface area contributed by atoms with Crippen molar-refractivity contribution in [3.63, 3.8) is 0 Å². The second-order valence-corrected chi connectivity index (χ2v) is 4.12. The van der Waals surface area contributed by atoms with Gasteiger partial charge in [-0.2, -0.15) is 0 Å². The molecule has 0 aliphatic carbocycles. The van der Waals surface area contributed by atoms with Gasteiger partial charge in [0.15, 0.2) is 0 Å². The van der Waals surface area contributed by atoms with Gasteiger partial charge in [-0.25, -0.2) is 4.79 Å². The Labute approximate surface area is 111 Å². The maximum atomic E-state index is 12.0. The average Bonchev–Trinajstić information content (AvgIpc) is 2.70. The summed E-state index contributed by atoms with van der Waals surface area (Å²) in [5.41, 5.74) is 0.423. The van der Waals surface area contributed by atoms with Crippen LogP contribution in [0, 0.1) is 0 Å². The largest absolute Gasteiger partial charge is 0.573 e. The van der Waals surface area contributed by atoms with Gasteiger partial charge < -0.3 is 9.47 Å². The van der Waals surface area contributed by atoms with Gasteiger partial charge >= 0.3 is 12.5 Å². The summed E-state index contributed by atoms with van der Waals surface area (Å²) >= 11 is 5.57. The lowest BCUT2D eigenvalue weighted by Crippen LogP contribution is -2.24. The molecule has 1 fully saturated rings. The molecule has 1 unspecified atom stereocenters. The van der Waals surface area contributed by atoms with Crippen molar-refractivity contribution in [2.75, 3.05) is 17.3 Å². The molecule has 4 nitrogen and oxygen atoms in total. The van der Waals surface area contributed by atoms with E-state index in [9.17, 15) is 18.0 Å². The summed E-state index contributed by atoms with van der Waals surface area (Å²) in [5, 5.41) is 0. The third kappa shape index (κ3) is 3.44. The number of carbonyl (C=O) groups excluding carboxylic acids is 1. The number of alkyl halides is 4. The van der Waals surface area contributed by atoms with Gasteiger partial charge in [-0.05, 0) is 24.3 Å². The van der Waals surface area contributed by atoms with Crippen molar-refractivity contribution in [3.8, 4) is 5.75 Å².